The number of hydrogen-bond donors (Lipinski definition) is 0. The summed E-state index contributed by atoms with van der Waals surface area (Å²) in [6, 6.07) is 19.7. The van der Waals surface area contributed by atoms with Gasteiger partial charge in [0.2, 0.25) is 0 Å². The van der Waals surface area contributed by atoms with Gasteiger partial charge in [0.05, 0.1) is 13.2 Å². The molecule has 0 heterocycles. The zero-order valence-electron chi connectivity index (χ0n) is 10.2. The van der Waals surface area contributed by atoms with Crippen molar-refractivity contribution in [2.75, 3.05) is 18.6 Å². The summed E-state index contributed by atoms with van der Waals surface area (Å²) in [7, 11) is 1.64. The summed E-state index contributed by atoms with van der Waals surface area (Å²) in [5, 5.41) is 8.94. The van der Waals surface area contributed by atoms with Crippen LogP contribution in [0.1, 0.15) is 0 Å². The molecule has 3 heteroatoms. The van der Waals surface area contributed by atoms with Gasteiger partial charge in [0, 0.05) is 11.4 Å². The van der Waals surface area contributed by atoms with Crippen molar-refractivity contribution >= 4 is 11.4 Å². The van der Waals surface area contributed by atoms with Crippen molar-refractivity contribution in [2.45, 2.75) is 0 Å². The van der Waals surface area contributed by atoms with Crippen molar-refractivity contribution in [1.82, 2.24) is 0 Å². The van der Waals surface area contributed by atoms with Gasteiger partial charge in [-0.15, -0.1) is 0 Å². The molecular weight excluding hydrogens is 224 g/mol. The van der Waals surface area contributed by atoms with Crippen LogP contribution < -0.4 is 9.64 Å². The lowest BCUT2D eigenvalue weighted by atomic mass is 10.2. The number of nitrogens with zero attached hydrogens (tertiary/aromatic N) is 2. The predicted octanol–water partition coefficient (Wildman–Crippen LogP) is 3.36. The van der Waals surface area contributed by atoms with Crippen molar-refractivity contribution in [1.29, 1.82) is 5.26 Å². The van der Waals surface area contributed by atoms with E-state index in [-0.39, 0.29) is 0 Å². The van der Waals surface area contributed by atoms with Crippen molar-refractivity contribution in [3.8, 4) is 11.8 Å². The summed E-state index contributed by atoms with van der Waals surface area (Å²) in [5.74, 6) is 0.809. The SMILES string of the molecule is COc1ccc(N(CC#N)c2ccccc2)cc1. The van der Waals surface area contributed by atoms with Gasteiger partial charge in [-0.1, -0.05) is 18.2 Å². The lowest BCUT2D eigenvalue weighted by Gasteiger charge is -2.22. The highest BCUT2D eigenvalue weighted by molar-refractivity contribution is 5.64. The Morgan fingerprint density at radius 2 is 1.61 bits per heavy atom. The van der Waals surface area contributed by atoms with E-state index in [1.54, 1.807) is 7.11 Å². The van der Waals surface area contributed by atoms with Crippen LogP contribution in [0.3, 0.4) is 0 Å². The molecule has 0 saturated carbocycles. The maximum Gasteiger partial charge on any atom is 0.119 e. The van der Waals surface area contributed by atoms with Gasteiger partial charge in [0.15, 0.2) is 0 Å². The molecule has 0 aliphatic rings. The first kappa shape index (κ1) is 12.0. The number of rotatable bonds is 4. The largest absolute Gasteiger partial charge is 0.497 e. The van der Waals surface area contributed by atoms with E-state index >= 15 is 0 Å². The van der Waals surface area contributed by atoms with E-state index in [9.17, 15) is 0 Å². The molecule has 0 bridgehead atoms. The number of benzene rings is 2. The second-order valence-electron chi connectivity index (χ2n) is 3.78. The van der Waals surface area contributed by atoms with Gasteiger partial charge in [-0.25, -0.2) is 0 Å². The Balaban J connectivity index is 2.33. The van der Waals surface area contributed by atoms with Crippen LogP contribution in [-0.4, -0.2) is 13.7 Å². The summed E-state index contributed by atoms with van der Waals surface area (Å²) in [6.07, 6.45) is 0. The molecule has 0 fully saturated rings. The average Bonchev–Trinajstić information content (AvgIpc) is 2.46. The van der Waals surface area contributed by atoms with Crippen molar-refractivity contribution < 1.29 is 4.74 Å². The van der Waals surface area contributed by atoms with Crippen LogP contribution in [0.15, 0.2) is 54.6 Å². The molecule has 0 radical (unpaired) electrons. The molecule has 0 unspecified atom stereocenters. The first-order valence-corrected chi connectivity index (χ1v) is 5.69. The molecule has 0 aromatic heterocycles. The molecule has 90 valence electrons. The zero-order chi connectivity index (χ0) is 12.8. The van der Waals surface area contributed by atoms with E-state index in [0.717, 1.165) is 17.1 Å². The van der Waals surface area contributed by atoms with Gasteiger partial charge >= 0.3 is 0 Å². The molecule has 3 nitrogen and oxygen atoms in total. The summed E-state index contributed by atoms with van der Waals surface area (Å²) < 4.78 is 5.13. The first-order chi connectivity index (χ1) is 8.85. The van der Waals surface area contributed by atoms with Crippen LogP contribution in [0, 0.1) is 11.3 Å². The topological polar surface area (TPSA) is 36.3 Å². The highest BCUT2D eigenvalue weighted by atomic mass is 16.5. The molecule has 2 rings (SSSR count). The minimum absolute atomic E-state index is 0.316. The fraction of sp³-hybridized carbons (Fsp3) is 0.133. The Kier molecular flexibility index (Phi) is 3.83. The van der Waals surface area contributed by atoms with E-state index in [1.165, 1.54) is 0 Å². The second kappa shape index (κ2) is 5.74. The number of anilines is 2. The number of ether oxygens (including phenoxy) is 1. The molecule has 2 aromatic carbocycles. The van der Waals surface area contributed by atoms with Gasteiger partial charge in [0.25, 0.3) is 0 Å². The van der Waals surface area contributed by atoms with Gasteiger partial charge < -0.3 is 9.64 Å². The van der Waals surface area contributed by atoms with Gasteiger partial charge in [-0.05, 0) is 36.4 Å². The van der Waals surface area contributed by atoms with Gasteiger partial charge in [-0.3, -0.25) is 0 Å². The standard InChI is InChI=1S/C15H14N2O/c1-18-15-9-7-14(8-10-15)17(12-11-16)13-5-3-2-4-6-13/h2-10H,12H2,1H3. The molecule has 0 aliphatic heterocycles. The smallest absolute Gasteiger partial charge is 0.119 e. The average molecular weight is 238 g/mol. The van der Waals surface area contributed by atoms with Crippen molar-refractivity contribution in [3.05, 3.63) is 54.6 Å². The third-order valence-corrected chi connectivity index (χ3v) is 2.68. The van der Waals surface area contributed by atoms with Crippen LogP contribution in [0.4, 0.5) is 11.4 Å². The second-order valence-corrected chi connectivity index (χ2v) is 3.78. The molecule has 0 saturated heterocycles. The normalized spacial score (nSPS) is 9.56. The highest BCUT2D eigenvalue weighted by Gasteiger charge is 2.08. The minimum atomic E-state index is 0.316. The molecule has 0 amide bonds. The van der Waals surface area contributed by atoms with Crippen LogP contribution >= 0.6 is 0 Å². The lowest BCUT2D eigenvalue weighted by molar-refractivity contribution is 0.415. The Bertz CT molecular complexity index is 529. The number of para-hydroxylation sites is 1. The van der Waals surface area contributed by atoms with Crippen molar-refractivity contribution in [3.63, 3.8) is 0 Å². The Morgan fingerprint density at radius 1 is 1.00 bits per heavy atom. The van der Waals surface area contributed by atoms with Crippen LogP contribution in [-0.2, 0) is 0 Å². The van der Waals surface area contributed by atoms with Crippen molar-refractivity contribution in [2.24, 2.45) is 0 Å². The third-order valence-electron chi connectivity index (χ3n) is 2.68. The Labute approximate surface area is 107 Å². The summed E-state index contributed by atoms with van der Waals surface area (Å²) in [6.45, 7) is 0.316. The maximum atomic E-state index is 8.94. The fourth-order valence-electron chi connectivity index (χ4n) is 1.77. The van der Waals surface area contributed by atoms with Crippen LogP contribution in [0.25, 0.3) is 0 Å². The lowest BCUT2D eigenvalue weighted by Crippen LogP contribution is -2.16. The molecule has 2 aromatic rings. The highest BCUT2D eigenvalue weighted by Crippen LogP contribution is 2.26. The summed E-state index contributed by atoms with van der Waals surface area (Å²) in [4.78, 5) is 1.96. The molecule has 0 spiro atoms. The van der Waals surface area contributed by atoms with E-state index in [1.807, 2.05) is 59.5 Å². The van der Waals surface area contributed by atoms with Gasteiger partial charge in [-0.2, -0.15) is 5.26 Å². The maximum absolute atomic E-state index is 8.94. The molecular formula is C15H14N2O. The molecule has 0 N–H and O–H groups in total. The minimum Gasteiger partial charge on any atom is -0.497 e. The Hall–Kier alpha value is -2.47. The van der Waals surface area contributed by atoms with E-state index in [0.29, 0.717) is 6.54 Å². The Morgan fingerprint density at radius 3 is 2.17 bits per heavy atom. The fourth-order valence-corrected chi connectivity index (χ4v) is 1.77. The quantitative estimate of drug-likeness (QED) is 0.766. The summed E-state index contributed by atoms with van der Waals surface area (Å²) in [5.41, 5.74) is 1.98. The predicted molar refractivity (Wildman–Crippen MR) is 72.1 cm³/mol. The summed E-state index contributed by atoms with van der Waals surface area (Å²) >= 11 is 0. The number of hydrogen-bond acceptors (Lipinski definition) is 3. The molecule has 0 aliphatic carbocycles. The molecule has 0 atom stereocenters. The number of methoxy groups -OCH3 is 1. The first-order valence-electron chi connectivity index (χ1n) is 5.69. The van der Waals surface area contributed by atoms with Gasteiger partial charge in [0.1, 0.15) is 12.3 Å². The van der Waals surface area contributed by atoms with E-state index in [2.05, 4.69) is 6.07 Å². The zero-order valence-corrected chi connectivity index (χ0v) is 10.2. The third kappa shape index (κ3) is 2.61. The van der Waals surface area contributed by atoms with Crippen LogP contribution in [0.5, 0.6) is 5.75 Å². The monoisotopic (exact) mass is 238 g/mol. The molecule has 18 heavy (non-hydrogen) atoms. The van der Waals surface area contributed by atoms with E-state index < -0.39 is 0 Å². The van der Waals surface area contributed by atoms with Crippen LogP contribution in [0.2, 0.25) is 0 Å². The van der Waals surface area contributed by atoms with E-state index in [4.69, 9.17) is 10.00 Å². The number of nitriles is 1.